The SMILES string of the molecule is Cc1cc(C)c2c(c1)=C/C(=C\c1c(O)n(-c3ccccc3)[nH]c1=O)C(=O)N=2. The molecule has 2 heterocycles. The summed E-state index contributed by atoms with van der Waals surface area (Å²) in [7, 11) is 0. The highest BCUT2D eigenvalue weighted by molar-refractivity contribution is 6.07. The molecule has 6 nitrogen and oxygen atoms in total. The maximum absolute atomic E-state index is 12.4. The summed E-state index contributed by atoms with van der Waals surface area (Å²) in [6, 6.07) is 12.8. The fraction of sp³-hybridized carbons (Fsp3) is 0.0952. The number of hydrogen-bond donors (Lipinski definition) is 2. The van der Waals surface area contributed by atoms with Crippen molar-refractivity contribution in [2.24, 2.45) is 4.99 Å². The number of para-hydroxylation sites is 1. The van der Waals surface area contributed by atoms with Gasteiger partial charge in [0.05, 0.1) is 11.0 Å². The summed E-state index contributed by atoms with van der Waals surface area (Å²) in [4.78, 5) is 28.9. The first kappa shape index (κ1) is 16.8. The number of carbonyl (C=O) groups is 1. The molecule has 0 atom stereocenters. The van der Waals surface area contributed by atoms with Crippen molar-refractivity contribution in [2.75, 3.05) is 0 Å². The number of nitrogens with one attached hydrogen (secondary N) is 1. The van der Waals surface area contributed by atoms with E-state index in [-0.39, 0.29) is 17.0 Å². The molecular formula is C21H17N3O3. The highest BCUT2D eigenvalue weighted by Crippen LogP contribution is 2.21. The van der Waals surface area contributed by atoms with Crippen LogP contribution in [0, 0.1) is 13.8 Å². The zero-order chi connectivity index (χ0) is 19.1. The van der Waals surface area contributed by atoms with Gasteiger partial charge in [0.15, 0.2) is 0 Å². The van der Waals surface area contributed by atoms with E-state index in [4.69, 9.17) is 0 Å². The Hall–Kier alpha value is -3.67. The lowest BCUT2D eigenvalue weighted by Crippen LogP contribution is -2.33. The van der Waals surface area contributed by atoms with E-state index in [0.717, 1.165) is 16.3 Å². The zero-order valence-electron chi connectivity index (χ0n) is 14.9. The summed E-state index contributed by atoms with van der Waals surface area (Å²) in [6.07, 6.45) is 3.07. The van der Waals surface area contributed by atoms with Gasteiger partial charge in [-0.15, -0.1) is 0 Å². The first-order chi connectivity index (χ1) is 12.9. The van der Waals surface area contributed by atoms with Gasteiger partial charge < -0.3 is 5.11 Å². The quantitative estimate of drug-likeness (QED) is 0.680. The van der Waals surface area contributed by atoms with Crippen LogP contribution in [0.2, 0.25) is 0 Å². The number of H-pyrrole nitrogens is 1. The Morgan fingerprint density at radius 3 is 2.59 bits per heavy atom. The number of hydrogen-bond acceptors (Lipinski definition) is 3. The number of benzene rings is 2. The molecule has 0 fully saturated rings. The topological polar surface area (TPSA) is 87.5 Å². The third-order valence-electron chi connectivity index (χ3n) is 4.47. The molecule has 2 N–H and O–H groups in total. The lowest BCUT2D eigenvalue weighted by molar-refractivity contribution is -0.114. The van der Waals surface area contributed by atoms with Crippen LogP contribution in [0.4, 0.5) is 0 Å². The molecule has 1 aliphatic heterocycles. The van der Waals surface area contributed by atoms with Gasteiger partial charge in [0.1, 0.15) is 5.56 Å². The molecule has 0 bridgehead atoms. The van der Waals surface area contributed by atoms with Crippen molar-refractivity contribution < 1.29 is 9.90 Å². The molecule has 2 aromatic carbocycles. The van der Waals surface area contributed by atoms with Gasteiger partial charge >= 0.3 is 0 Å². The molecule has 0 saturated carbocycles. The average Bonchev–Trinajstić information content (AvgIpc) is 2.92. The Morgan fingerprint density at radius 1 is 1.11 bits per heavy atom. The van der Waals surface area contributed by atoms with Crippen LogP contribution in [0.15, 0.2) is 57.8 Å². The molecule has 3 aromatic rings. The van der Waals surface area contributed by atoms with Crippen molar-refractivity contribution in [3.05, 3.63) is 85.7 Å². The molecule has 0 spiro atoms. The van der Waals surface area contributed by atoms with Gasteiger partial charge in [-0.05, 0) is 49.8 Å². The highest BCUT2D eigenvalue weighted by Gasteiger charge is 2.17. The smallest absolute Gasteiger partial charge is 0.277 e. The van der Waals surface area contributed by atoms with E-state index in [1.807, 2.05) is 32.0 Å². The average molecular weight is 359 g/mol. The first-order valence-electron chi connectivity index (χ1n) is 8.47. The van der Waals surface area contributed by atoms with Crippen LogP contribution in [-0.2, 0) is 4.79 Å². The van der Waals surface area contributed by atoms with Crippen molar-refractivity contribution >= 4 is 18.1 Å². The van der Waals surface area contributed by atoms with Gasteiger partial charge in [-0.1, -0.05) is 29.8 Å². The van der Waals surface area contributed by atoms with Gasteiger partial charge in [-0.3, -0.25) is 14.7 Å². The van der Waals surface area contributed by atoms with Gasteiger partial charge in [0, 0.05) is 10.8 Å². The van der Waals surface area contributed by atoms with Crippen LogP contribution in [0.3, 0.4) is 0 Å². The Balaban J connectivity index is 1.88. The number of aryl methyl sites for hydroxylation is 2. The largest absolute Gasteiger partial charge is 0.493 e. The zero-order valence-corrected chi connectivity index (χ0v) is 14.9. The third kappa shape index (κ3) is 2.91. The second-order valence-electron chi connectivity index (χ2n) is 6.53. The van der Waals surface area contributed by atoms with Crippen molar-refractivity contribution in [2.45, 2.75) is 13.8 Å². The normalized spacial score (nSPS) is 14.6. The number of aromatic amines is 1. The van der Waals surface area contributed by atoms with Gasteiger partial charge in [-0.2, -0.15) is 0 Å². The van der Waals surface area contributed by atoms with Crippen molar-refractivity contribution in [1.82, 2.24) is 9.78 Å². The van der Waals surface area contributed by atoms with E-state index in [1.165, 1.54) is 10.8 Å². The van der Waals surface area contributed by atoms with E-state index in [1.54, 1.807) is 30.3 Å². The van der Waals surface area contributed by atoms with Crippen LogP contribution < -0.4 is 16.1 Å². The van der Waals surface area contributed by atoms with Crippen molar-refractivity contribution in [3.8, 4) is 11.6 Å². The number of carbonyl (C=O) groups excluding carboxylic acids is 1. The number of aromatic hydroxyl groups is 1. The van der Waals surface area contributed by atoms with Crippen LogP contribution in [0.5, 0.6) is 5.88 Å². The number of amides is 1. The predicted octanol–water partition coefficient (Wildman–Crippen LogP) is 1.51. The molecule has 134 valence electrons. The standard InChI is InChI=1S/C21H17N3O3/c1-12-8-13(2)18-14(9-12)10-15(19(25)22-18)11-17-20(26)23-24(21(17)27)16-6-4-3-5-7-16/h3-11,27H,1-2H3,(H,23,26)/b15-11+. The van der Waals surface area contributed by atoms with Crippen LogP contribution in [-0.4, -0.2) is 20.8 Å². The van der Waals surface area contributed by atoms with Crippen molar-refractivity contribution in [3.63, 3.8) is 0 Å². The summed E-state index contributed by atoms with van der Waals surface area (Å²) < 4.78 is 1.28. The molecule has 0 aliphatic carbocycles. The van der Waals surface area contributed by atoms with Crippen LogP contribution in [0.25, 0.3) is 17.8 Å². The molecule has 6 heteroatoms. The van der Waals surface area contributed by atoms with Gasteiger partial charge in [0.2, 0.25) is 5.88 Å². The van der Waals surface area contributed by atoms with Crippen molar-refractivity contribution in [1.29, 1.82) is 0 Å². The Labute approximate surface area is 154 Å². The summed E-state index contributed by atoms with van der Waals surface area (Å²) in [5, 5.41) is 14.5. The molecule has 0 unspecified atom stereocenters. The lowest BCUT2D eigenvalue weighted by atomic mass is 10.0. The Morgan fingerprint density at radius 2 is 1.85 bits per heavy atom. The molecule has 0 radical (unpaired) electrons. The fourth-order valence-electron chi connectivity index (χ4n) is 3.24. The molecule has 1 aromatic heterocycles. The minimum Gasteiger partial charge on any atom is -0.493 e. The van der Waals surface area contributed by atoms with Gasteiger partial charge in [0.25, 0.3) is 11.5 Å². The summed E-state index contributed by atoms with van der Waals surface area (Å²) in [6.45, 7) is 3.87. The summed E-state index contributed by atoms with van der Waals surface area (Å²) >= 11 is 0. The molecule has 0 saturated heterocycles. The second kappa shape index (κ2) is 6.25. The molecule has 27 heavy (non-hydrogen) atoms. The summed E-state index contributed by atoms with van der Waals surface area (Å²) in [5.74, 6) is -0.702. The second-order valence-corrected chi connectivity index (χ2v) is 6.53. The van der Waals surface area contributed by atoms with E-state index >= 15 is 0 Å². The number of nitrogens with zero attached hydrogens (tertiary/aromatic N) is 2. The van der Waals surface area contributed by atoms with Crippen LogP contribution in [0.1, 0.15) is 16.7 Å². The van der Waals surface area contributed by atoms with Crippen LogP contribution >= 0.6 is 0 Å². The van der Waals surface area contributed by atoms with E-state index in [9.17, 15) is 14.7 Å². The first-order valence-corrected chi connectivity index (χ1v) is 8.47. The molecular weight excluding hydrogens is 342 g/mol. The number of aromatic nitrogens is 2. The lowest BCUT2D eigenvalue weighted by Gasteiger charge is -2.06. The Kier molecular flexibility index (Phi) is 3.88. The molecule has 1 amide bonds. The van der Waals surface area contributed by atoms with E-state index in [2.05, 4.69) is 10.1 Å². The van der Waals surface area contributed by atoms with E-state index in [0.29, 0.717) is 11.0 Å². The summed E-state index contributed by atoms with van der Waals surface area (Å²) in [5.41, 5.74) is 2.36. The fourth-order valence-corrected chi connectivity index (χ4v) is 3.24. The highest BCUT2D eigenvalue weighted by atomic mass is 16.3. The maximum atomic E-state index is 12.4. The predicted molar refractivity (Wildman–Crippen MR) is 102 cm³/mol. The van der Waals surface area contributed by atoms with E-state index < -0.39 is 11.5 Å². The third-order valence-corrected chi connectivity index (χ3v) is 4.47. The van der Waals surface area contributed by atoms with Gasteiger partial charge in [-0.25, -0.2) is 9.67 Å². The molecule has 4 rings (SSSR count). The number of rotatable bonds is 2. The number of fused-ring (bicyclic) bond motifs is 1. The maximum Gasteiger partial charge on any atom is 0.277 e. The Bertz CT molecular complexity index is 1280. The minimum atomic E-state index is -0.490. The molecule has 1 aliphatic rings. The monoisotopic (exact) mass is 359 g/mol. The minimum absolute atomic E-state index is 0.0153.